The number of ether oxygens (including phenoxy) is 2. The van der Waals surface area contributed by atoms with E-state index in [4.69, 9.17) is 9.47 Å². The van der Waals surface area contributed by atoms with Crippen molar-refractivity contribution in [3.05, 3.63) is 30.3 Å². The van der Waals surface area contributed by atoms with Gasteiger partial charge in [-0.2, -0.15) is 0 Å². The average molecular weight is 263 g/mol. The zero-order valence-corrected chi connectivity index (χ0v) is 11.5. The normalized spacial score (nSPS) is 22.2. The summed E-state index contributed by atoms with van der Waals surface area (Å²) in [6.45, 7) is 4.84. The van der Waals surface area contributed by atoms with Crippen LogP contribution in [0.5, 0.6) is 5.75 Å². The van der Waals surface area contributed by atoms with Gasteiger partial charge in [0.15, 0.2) is 0 Å². The standard InChI is InChI=1S/C15H21NO3/c1-11(2)10-13-14(19-15(17)16-13)8-9-18-12-6-4-3-5-7-12/h3-7,11,13-14H,8-10H2,1-2H3,(H,16,17)/t13-,14-/m0/s1. The van der Waals surface area contributed by atoms with E-state index in [0.717, 1.165) is 12.2 Å². The minimum absolute atomic E-state index is 0.0846. The molecule has 1 aromatic rings. The van der Waals surface area contributed by atoms with E-state index in [0.29, 0.717) is 18.9 Å². The fraction of sp³-hybridized carbons (Fsp3) is 0.533. The Balaban J connectivity index is 1.79. The van der Waals surface area contributed by atoms with Crippen molar-refractivity contribution in [1.82, 2.24) is 5.32 Å². The molecule has 0 saturated carbocycles. The number of cyclic esters (lactones) is 1. The van der Waals surface area contributed by atoms with Gasteiger partial charge < -0.3 is 14.8 Å². The molecule has 2 atom stereocenters. The van der Waals surface area contributed by atoms with E-state index in [1.54, 1.807) is 0 Å². The molecule has 4 heteroatoms. The molecule has 19 heavy (non-hydrogen) atoms. The van der Waals surface area contributed by atoms with Crippen molar-refractivity contribution in [3.63, 3.8) is 0 Å². The van der Waals surface area contributed by atoms with E-state index in [9.17, 15) is 4.79 Å². The van der Waals surface area contributed by atoms with Crippen molar-refractivity contribution in [2.75, 3.05) is 6.61 Å². The Hall–Kier alpha value is -1.71. The first-order chi connectivity index (χ1) is 9.15. The molecule has 1 aliphatic rings. The summed E-state index contributed by atoms with van der Waals surface area (Å²) in [5.74, 6) is 1.38. The number of rotatable bonds is 6. The van der Waals surface area contributed by atoms with Gasteiger partial charge in [-0.3, -0.25) is 0 Å². The van der Waals surface area contributed by atoms with Crippen LogP contribution in [0.3, 0.4) is 0 Å². The van der Waals surface area contributed by atoms with Crippen LogP contribution in [0.25, 0.3) is 0 Å². The van der Waals surface area contributed by atoms with Crippen molar-refractivity contribution in [2.24, 2.45) is 5.92 Å². The van der Waals surface area contributed by atoms with Gasteiger partial charge in [-0.1, -0.05) is 32.0 Å². The second-order valence-corrected chi connectivity index (χ2v) is 5.27. The second-order valence-electron chi connectivity index (χ2n) is 5.27. The highest BCUT2D eigenvalue weighted by Gasteiger charge is 2.33. The Labute approximate surface area is 114 Å². The first kappa shape index (κ1) is 13.7. The van der Waals surface area contributed by atoms with Crippen LogP contribution in [0, 0.1) is 5.92 Å². The van der Waals surface area contributed by atoms with Crippen LogP contribution in [0.1, 0.15) is 26.7 Å². The molecule has 0 radical (unpaired) electrons. The lowest BCUT2D eigenvalue weighted by molar-refractivity contribution is 0.110. The monoisotopic (exact) mass is 263 g/mol. The molecular weight excluding hydrogens is 242 g/mol. The zero-order valence-electron chi connectivity index (χ0n) is 11.5. The highest BCUT2D eigenvalue weighted by molar-refractivity contribution is 5.70. The van der Waals surface area contributed by atoms with Crippen LogP contribution in [-0.2, 0) is 4.74 Å². The van der Waals surface area contributed by atoms with E-state index in [1.165, 1.54) is 0 Å². The summed E-state index contributed by atoms with van der Waals surface area (Å²) >= 11 is 0. The molecule has 2 rings (SSSR count). The lowest BCUT2D eigenvalue weighted by atomic mass is 9.98. The number of carbonyl (C=O) groups excluding carboxylic acids is 1. The van der Waals surface area contributed by atoms with Gasteiger partial charge in [0.1, 0.15) is 11.9 Å². The molecule has 104 valence electrons. The molecule has 1 aromatic carbocycles. The predicted octanol–water partition coefficient (Wildman–Crippen LogP) is 2.98. The molecule has 0 bridgehead atoms. The van der Waals surface area contributed by atoms with Gasteiger partial charge in [0.25, 0.3) is 0 Å². The van der Waals surface area contributed by atoms with Crippen molar-refractivity contribution in [1.29, 1.82) is 0 Å². The molecule has 0 unspecified atom stereocenters. The Kier molecular flexibility index (Phi) is 4.66. The minimum atomic E-state index is -0.310. The van der Waals surface area contributed by atoms with Crippen LogP contribution in [0.4, 0.5) is 4.79 Å². The molecule has 1 saturated heterocycles. The highest BCUT2D eigenvalue weighted by atomic mass is 16.6. The maximum atomic E-state index is 11.3. The van der Waals surface area contributed by atoms with E-state index in [-0.39, 0.29) is 18.2 Å². The number of benzene rings is 1. The zero-order chi connectivity index (χ0) is 13.7. The third-order valence-corrected chi connectivity index (χ3v) is 3.15. The van der Waals surface area contributed by atoms with E-state index < -0.39 is 0 Å². The maximum absolute atomic E-state index is 11.3. The summed E-state index contributed by atoms with van der Waals surface area (Å²) < 4.78 is 10.9. The lowest BCUT2D eigenvalue weighted by Gasteiger charge is -2.18. The van der Waals surface area contributed by atoms with E-state index in [2.05, 4.69) is 19.2 Å². The number of para-hydroxylation sites is 1. The molecule has 1 fully saturated rings. The molecule has 0 spiro atoms. The molecule has 0 aromatic heterocycles. The van der Waals surface area contributed by atoms with Gasteiger partial charge in [0.05, 0.1) is 12.6 Å². The van der Waals surface area contributed by atoms with Crippen LogP contribution >= 0.6 is 0 Å². The SMILES string of the molecule is CC(C)C[C@@H]1NC(=O)O[C@H]1CCOc1ccccc1. The number of alkyl carbamates (subject to hydrolysis) is 1. The third kappa shape index (κ3) is 4.16. The van der Waals surface area contributed by atoms with Crippen LogP contribution in [0.15, 0.2) is 30.3 Å². The lowest BCUT2D eigenvalue weighted by Crippen LogP contribution is -2.33. The molecule has 1 heterocycles. The predicted molar refractivity (Wildman–Crippen MR) is 73.2 cm³/mol. The van der Waals surface area contributed by atoms with E-state index in [1.807, 2.05) is 30.3 Å². The van der Waals surface area contributed by atoms with Gasteiger partial charge in [0, 0.05) is 6.42 Å². The van der Waals surface area contributed by atoms with Crippen molar-refractivity contribution in [3.8, 4) is 5.75 Å². The Morgan fingerprint density at radius 3 is 2.74 bits per heavy atom. The number of carbonyl (C=O) groups is 1. The first-order valence-electron chi connectivity index (χ1n) is 6.80. The molecule has 1 N–H and O–H groups in total. The number of amides is 1. The van der Waals surface area contributed by atoms with Crippen molar-refractivity contribution in [2.45, 2.75) is 38.8 Å². The van der Waals surface area contributed by atoms with Crippen LogP contribution < -0.4 is 10.1 Å². The molecular formula is C15H21NO3. The first-order valence-corrected chi connectivity index (χ1v) is 6.80. The Morgan fingerprint density at radius 1 is 1.32 bits per heavy atom. The smallest absolute Gasteiger partial charge is 0.407 e. The number of hydrogen-bond acceptors (Lipinski definition) is 3. The second kappa shape index (κ2) is 6.45. The minimum Gasteiger partial charge on any atom is -0.493 e. The Bertz CT molecular complexity index is 405. The van der Waals surface area contributed by atoms with Crippen LogP contribution in [0.2, 0.25) is 0 Å². The van der Waals surface area contributed by atoms with Crippen molar-refractivity contribution < 1.29 is 14.3 Å². The van der Waals surface area contributed by atoms with Crippen LogP contribution in [-0.4, -0.2) is 24.8 Å². The van der Waals surface area contributed by atoms with E-state index >= 15 is 0 Å². The summed E-state index contributed by atoms with van der Waals surface area (Å²) in [5.41, 5.74) is 0. The molecule has 1 amide bonds. The van der Waals surface area contributed by atoms with Gasteiger partial charge in [-0.15, -0.1) is 0 Å². The average Bonchev–Trinajstić information content (AvgIpc) is 2.70. The topological polar surface area (TPSA) is 47.6 Å². The number of hydrogen-bond donors (Lipinski definition) is 1. The summed E-state index contributed by atoms with van der Waals surface area (Å²) in [4.78, 5) is 11.3. The van der Waals surface area contributed by atoms with Gasteiger partial charge in [-0.25, -0.2) is 4.79 Å². The summed E-state index contributed by atoms with van der Waals surface area (Å²) in [7, 11) is 0. The summed E-state index contributed by atoms with van der Waals surface area (Å²) in [5, 5.41) is 2.87. The fourth-order valence-electron chi connectivity index (χ4n) is 2.29. The van der Waals surface area contributed by atoms with Crippen molar-refractivity contribution >= 4 is 6.09 Å². The number of nitrogens with one attached hydrogen (secondary N) is 1. The quantitative estimate of drug-likeness (QED) is 0.858. The molecule has 4 nitrogen and oxygen atoms in total. The summed E-state index contributed by atoms with van der Waals surface area (Å²) in [6.07, 6.45) is 1.25. The summed E-state index contributed by atoms with van der Waals surface area (Å²) in [6, 6.07) is 9.78. The molecule has 1 aliphatic heterocycles. The van der Waals surface area contributed by atoms with Gasteiger partial charge in [0.2, 0.25) is 0 Å². The van der Waals surface area contributed by atoms with Gasteiger partial charge in [-0.05, 0) is 24.5 Å². The maximum Gasteiger partial charge on any atom is 0.407 e. The largest absolute Gasteiger partial charge is 0.493 e. The third-order valence-electron chi connectivity index (χ3n) is 3.15. The highest BCUT2D eigenvalue weighted by Crippen LogP contribution is 2.19. The van der Waals surface area contributed by atoms with Gasteiger partial charge >= 0.3 is 6.09 Å². The Morgan fingerprint density at radius 2 is 2.05 bits per heavy atom. The fourth-order valence-corrected chi connectivity index (χ4v) is 2.29. The molecule has 0 aliphatic carbocycles.